The van der Waals surface area contributed by atoms with Crippen LogP contribution < -0.4 is 10.6 Å². The fourth-order valence-corrected chi connectivity index (χ4v) is 3.59. The van der Waals surface area contributed by atoms with Gasteiger partial charge in [0, 0.05) is 27.9 Å². The summed E-state index contributed by atoms with van der Waals surface area (Å²) in [5.41, 5.74) is 3.48. The molecule has 0 fully saturated rings. The van der Waals surface area contributed by atoms with Crippen LogP contribution in [0.3, 0.4) is 0 Å². The average molecular weight is 422 g/mol. The Labute approximate surface area is 176 Å². The van der Waals surface area contributed by atoms with Gasteiger partial charge in [-0.3, -0.25) is 4.79 Å². The van der Waals surface area contributed by atoms with Crippen LogP contribution in [0.25, 0.3) is 11.3 Å². The van der Waals surface area contributed by atoms with Crippen LogP contribution >= 0.6 is 22.9 Å². The number of aromatic nitrogens is 3. The largest absolute Gasteiger partial charge is 0.322 e. The fourth-order valence-electron chi connectivity index (χ4n) is 2.68. The number of nitrogens with one attached hydrogen (secondary N) is 2. The van der Waals surface area contributed by atoms with E-state index in [0.717, 1.165) is 11.3 Å². The van der Waals surface area contributed by atoms with Crippen LogP contribution in [-0.2, 0) is 0 Å². The van der Waals surface area contributed by atoms with Gasteiger partial charge in [0.05, 0.1) is 17.0 Å². The zero-order valence-corrected chi connectivity index (χ0v) is 17.0. The first-order valence-corrected chi connectivity index (χ1v) is 10.0. The number of amides is 1. The Kier molecular flexibility index (Phi) is 5.50. The third-order valence-electron chi connectivity index (χ3n) is 4.10. The van der Waals surface area contributed by atoms with Crippen LogP contribution in [0.15, 0.2) is 66.2 Å². The summed E-state index contributed by atoms with van der Waals surface area (Å²) in [6.45, 7) is 1.76. The summed E-state index contributed by atoms with van der Waals surface area (Å²) in [7, 11) is 0. The molecule has 4 aromatic rings. The van der Waals surface area contributed by atoms with Gasteiger partial charge < -0.3 is 10.6 Å². The van der Waals surface area contributed by atoms with E-state index in [0.29, 0.717) is 33.0 Å². The van der Waals surface area contributed by atoms with Gasteiger partial charge in [-0.05, 0) is 25.1 Å². The number of rotatable bonds is 5. The summed E-state index contributed by atoms with van der Waals surface area (Å²) in [6.07, 6.45) is 1.50. The Morgan fingerprint density at radius 3 is 2.66 bits per heavy atom. The summed E-state index contributed by atoms with van der Waals surface area (Å²) in [4.78, 5) is 25.7. The molecule has 144 valence electrons. The number of hydrogen-bond donors (Lipinski definition) is 2. The highest BCUT2D eigenvalue weighted by Crippen LogP contribution is 2.26. The van der Waals surface area contributed by atoms with Crippen molar-refractivity contribution in [3.8, 4) is 11.3 Å². The van der Waals surface area contributed by atoms with Crippen LogP contribution in [0.5, 0.6) is 0 Å². The molecule has 0 aliphatic carbocycles. The standard InChI is InChI=1S/C21H16ClN5OS/c1-13-17(19(28)25-16-9-5-8-15(22)10-16)11-23-20(24-13)27-21-26-18(12-29-21)14-6-3-2-4-7-14/h2-12H,1H3,(H,25,28)(H,23,24,26,27). The van der Waals surface area contributed by atoms with E-state index < -0.39 is 0 Å². The molecule has 0 saturated heterocycles. The minimum Gasteiger partial charge on any atom is -0.322 e. The van der Waals surface area contributed by atoms with Gasteiger partial charge in [0.25, 0.3) is 5.91 Å². The molecule has 0 aliphatic heterocycles. The number of carbonyl (C=O) groups excluding carboxylic acids is 1. The molecule has 1 amide bonds. The van der Waals surface area contributed by atoms with Gasteiger partial charge >= 0.3 is 0 Å². The van der Waals surface area contributed by atoms with Crippen molar-refractivity contribution in [2.75, 3.05) is 10.6 Å². The lowest BCUT2D eigenvalue weighted by Gasteiger charge is -2.08. The van der Waals surface area contributed by atoms with Crippen molar-refractivity contribution < 1.29 is 4.79 Å². The van der Waals surface area contributed by atoms with Crippen LogP contribution in [0.1, 0.15) is 16.1 Å². The van der Waals surface area contributed by atoms with Crippen molar-refractivity contribution in [1.29, 1.82) is 0 Å². The SMILES string of the molecule is Cc1nc(Nc2nc(-c3ccccc3)cs2)ncc1C(=O)Nc1cccc(Cl)c1. The highest BCUT2D eigenvalue weighted by Gasteiger charge is 2.13. The van der Waals surface area contributed by atoms with Crippen molar-refractivity contribution in [1.82, 2.24) is 15.0 Å². The van der Waals surface area contributed by atoms with Gasteiger partial charge in [0.15, 0.2) is 5.13 Å². The van der Waals surface area contributed by atoms with E-state index in [-0.39, 0.29) is 5.91 Å². The predicted octanol–water partition coefficient (Wildman–Crippen LogP) is 5.56. The van der Waals surface area contributed by atoms with Gasteiger partial charge in [-0.2, -0.15) is 0 Å². The molecule has 2 aromatic carbocycles. The second-order valence-corrected chi connectivity index (χ2v) is 7.48. The summed E-state index contributed by atoms with van der Waals surface area (Å²) < 4.78 is 0. The smallest absolute Gasteiger partial charge is 0.259 e. The highest BCUT2D eigenvalue weighted by molar-refractivity contribution is 7.14. The first kappa shape index (κ1) is 19.0. The number of nitrogens with zero attached hydrogens (tertiary/aromatic N) is 3. The highest BCUT2D eigenvalue weighted by atomic mass is 35.5. The molecule has 0 bridgehead atoms. The first-order chi connectivity index (χ1) is 14.1. The summed E-state index contributed by atoms with van der Waals surface area (Å²) in [5, 5.41) is 9.09. The number of halogens is 1. The number of benzene rings is 2. The number of thiazole rings is 1. The molecular formula is C21H16ClN5OS. The second-order valence-electron chi connectivity index (χ2n) is 6.19. The Hall–Kier alpha value is -3.29. The van der Waals surface area contributed by atoms with Crippen LogP contribution in [0.2, 0.25) is 5.02 Å². The Balaban J connectivity index is 1.47. The molecule has 2 aromatic heterocycles. The van der Waals surface area contributed by atoms with Crippen molar-refractivity contribution in [3.63, 3.8) is 0 Å². The Morgan fingerprint density at radius 2 is 1.90 bits per heavy atom. The maximum atomic E-state index is 12.5. The third kappa shape index (κ3) is 4.59. The molecule has 0 saturated carbocycles. The zero-order valence-electron chi connectivity index (χ0n) is 15.4. The monoisotopic (exact) mass is 421 g/mol. The molecule has 2 N–H and O–H groups in total. The topological polar surface area (TPSA) is 79.8 Å². The predicted molar refractivity (Wildman–Crippen MR) is 117 cm³/mol. The molecule has 29 heavy (non-hydrogen) atoms. The lowest BCUT2D eigenvalue weighted by atomic mass is 10.2. The van der Waals surface area contributed by atoms with Gasteiger partial charge in [-0.25, -0.2) is 15.0 Å². The van der Waals surface area contributed by atoms with E-state index in [9.17, 15) is 4.79 Å². The van der Waals surface area contributed by atoms with E-state index in [4.69, 9.17) is 11.6 Å². The Bertz CT molecular complexity index is 1160. The minimum atomic E-state index is -0.295. The molecule has 0 atom stereocenters. The number of anilines is 3. The van der Waals surface area contributed by atoms with E-state index in [1.54, 1.807) is 31.2 Å². The van der Waals surface area contributed by atoms with Crippen LogP contribution in [0, 0.1) is 6.92 Å². The third-order valence-corrected chi connectivity index (χ3v) is 5.09. The normalized spacial score (nSPS) is 10.6. The van der Waals surface area contributed by atoms with Gasteiger partial charge in [0.2, 0.25) is 5.95 Å². The van der Waals surface area contributed by atoms with E-state index in [1.165, 1.54) is 17.5 Å². The second kappa shape index (κ2) is 8.38. The van der Waals surface area contributed by atoms with E-state index in [1.807, 2.05) is 35.7 Å². The number of carbonyl (C=O) groups is 1. The van der Waals surface area contributed by atoms with Gasteiger partial charge in [-0.15, -0.1) is 11.3 Å². The van der Waals surface area contributed by atoms with Crippen molar-refractivity contribution in [2.24, 2.45) is 0 Å². The van der Waals surface area contributed by atoms with E-state index >= 15 is 0 Å². The molecule has 0 radical (unpaired) electrons. The molecule has 4 rings (SSSR count). The van der Waals surface area contributed by atoms with Crippen LogP contribution in [0.4, 0.5) is 16.8 Å². The molecule has 2 heterocycles. The maximum absolute atomic E-state index is 12.5. The van der Waals surface area contributed by atoms with Crippen LogP contribution in [-0.4, -0.2) is 20.9 Å². The fraction of sp³-hybridized carbons (Fsp3) is 0.0476. The maximum Gasteiger partial charge on any atom is 0.259 e. The lowest BCUT2D eigenvalue weighted by Crippen LogP contribution is -2.15. The molecule has 6 nitrogen and oxygen atoms in total. The van der Waals surface area contributed by atoms with Crippen molar-refractivity contribution >= 4 is 45.6 Å². The van der Waals surface area contributed by atoms with Crippen molar-refractivity contribution in [2.45, 2.75) is 6.92 Å². The molecular weight excluding hydrogens is 406 g/mol. The van der Waals surface area contributed by atoms with E-state index in [2.05, 4.69) is 25.6 Å². The number of aryl methyl sites for hydroxylation is 1. The first-order valence-electron chi connectivity index (χ1n) is 8.77. The quantitative estimate of drug-likeness (QED) is 0.441. The zero-order chi connectivity index (χ0) is 20.2. The minimum absolute atomic E-state index is 0.295. The number of hydrogen-bond acceptors (Lipinski definition) is 6. The van der Waals surface area contributed by atoms with Gasteiger partial charge in [0.1, 0.15) is 0 Å². The summed E-state index contributed by atoms with van der Waals surface area (Å²) >= 11 is 7.42. The van der Waals surface area contributed by atoms with Gasteiger partial charge in [-0.1, -0.05) is 48.0 Å². The van der Waals surface area contributed by atoms with Crippen molar-refractivity contribution in [3.05, 3.63) is 82.5 Å². The molecule has 0 aliphatic rings. The Morgan fingerprint density at radius 1 is 1.07 bits per heavy atom. The summed E-state index contributed by atoms with van der Waals surface area (Å²) in [6, 6.07) is 16.9. The molecule has 0 spiro atoms. The lowest BCUT2D eigenvalue weighted by molar-refractivity contribution is 0.102. The average Bonchev–Trinajstić information content (AvgIpc) is 3.17. The molecule has 0 unspecified atom stereocenters. The molecule has 8 heteroatoms. The summed E-state index contributed by atoms with van der Waals surface area (Å²) in [5.74, 6) is 0.0905.